The number of hydrogen-bond acceptors (Lipinski definition) is 16. The standard InChI is InChI=1S/C29H45NO8.C27H41NO8.CH4/c1-18(9-12-25-28(35-7)29(17-36-29)16-22(38-25)15-27(32)34-6)8-11-24-19(2)14-23(21(4)37-24)30-26(31)13-10-20(3)33-5;1-16(7-10-23-26(32)27(15-34-27)14-20(36-23)13-25(31)33-5)6-9-22-17(2)12-21(19(4)35-22)28-24(30)11-8-18(3)29;/h8-10,12-13,19-25,28H,11,14-17H2,1-7H3,(H,30,31);6-8,10-11,17-23,26,29,32H,9,12-15H2,1-5H3,(H,28,30);1H4/b12-9+,13-10-,18-8+;10-7+,11-8-,16-6+;/t19-,20-,21+,22+,23+,24-,25+,28+,29+;17-,18-,19+,20+,21+,22-,23+,26+,27+;/m00./s1. The van der Waals surface area contributed by atoms with Crippen molar-refractivity contribution < 1.29 is 76.8 Å². The molecule has 6 aliphatic rings. The molecule has 18 nitrogen and oxygen atoms in total. The van der Waals surface area contributed by atoms with Crippen molar-refractivity contribution in [2.24, 2.45) is 11.8 Å². The predicted molar refractivity (Wildman–Crippen MR) is 282 cm³/mol. The van der Waals surface area contributed by atoms with Crippen molar-refractivity contribution in [2.75, 3.05) is 41.7 Å². The van der Waals surface area contributed by atoms with E-state index in [0.29, 0.717) is 26.1 Å². The van der Waals surface area contributed by atoms with E-state index >= 15 is 0 Å². The molecule has 0 saturated carbocycles. The lowest BCUT2D eigenvalue weighted by molar-refractivity contribution is -0.162. The summed E-state index contributed by atoms with van der Waals surface area (Å²) in [5.74, 6) is -0.476. The van der Waals surface area contributed by atoms with Gasteiger partial charge in [0.15, 0.2) is 0 Å². The second kappa shape index (κ2) is 29.6. The molecule has 6 heterocycles. The summed E-state index contributed by atoms with van der Waals surface area (Å²) in [7, 11) is 6.00. The molecule has 424 valence electrons. The molecule has 0 radical (unpaired) electrons. The van der Waals surface area contributed by atoms with Crippen LogP contribution in [0.2, 0.25) is 0 Å². The summed E-state index contributed by atoms with van der Waals surface area (Å²) in [6.45, 7) is 16.8. The van der Waals surface area contributed by atoms with E-state index in [0.717, 1.165) is 36.8 Å². The molecular formula is C57H90N2O16. The van der Waals surface area contributed by atoms with Crippen molar-refractivity contribution in [1.82, 2.24) is 10.6 Å². The van der Waals surface area contributed by atoms with E-state index in [1.54, 1.807) is 27.2 Å². The highest BCUT2D eigenvalue weighted by atomic mass is 16.6. The van der Waals surface area contributed by atoms with Gasteiger partial charge in [-0.25, -0.2) is 0 Å². The average molecular weight is 1060 g/mol. The number of aliphatic hydroxyl groups is 2. The normalized spacial score (nSPS) is 36.7. The van der Waals surface area contributed by atoms with Crippen molar-refractivity contribution in [1.29, 1.82) is 0 Å². The minimum Gasteiger partial charge on any atom is -0.469 e. The van der Waals surface area contributed by atoms with E-state index in [-0.39, 0.29) is 123 Å². The molecule has 6 aliphatic heterocycles. The minimum atomic E-state index is -0.791. The Balaban J connectivity index is 0.000000321. The lowest BCUT2D eigenvalue weighted by Gasteiger charge is -2.39. The predicted octanol–water partition coefficient (Wildman–Crippen LogP) is 5.87. The Morgan fingerprint density at radius 2 is 1.11 bits per heavy atom. The van der Waals surface area contributed by atoms with E-state index in [4.69, 9.17) is 47.4 Å². The van der Waals surface area contributed by atoms with E-state index in [2.05, 4.69) is 36.6 Å². The number of rotatable bonds is 20. The van der Waals surface area contributed by atoms with Crippen molar-refractivity contribution in [3.8, 4) is 0 Å². The van der Waals surface area contributed by atoms with Crippen LogP contribution in [-0.2, 0) is 66.5 Å². The molecule has 0 bridgehead atoms. The van der Waals surface area contributed by atoms with Gasteiger partial charge in [-0.15, -0.1) is 0 Å². The van der Waals surface area contributed by atoms with Crippen LogP contribution in [0.25, 0.3) is 0 Å². The maximum absolute atomic E-state index is 12.3. The molecule has 6 rings (SSSR count). The van der Waals surface area contributed by atoms with E-state index in [9.17, 15) is 29.4 Å². The van der Waals surface area contributed by atoms with Crippen LogP contribution in [0, 0.1) is 11.8 Å². The van der Waals surface area contributed by atoms with Gasteiger partial charge in [0, 0.05) is 39.2 Å². The van der Waals surface area contributed by atoms with Crippen LogP contribution >= 0.6 is 0 Å². The zero-order chi connectivity index (χ0) is 54.3. The maximum atomic E-state index is 12.3. The van der Waals surface area contributed by atoms with Gasteiger partial charge >= 0.3 is 11.9 Å². The fourth-order valence-corrected chi connectivity index (χ4v) is 10.1. The Hall–Kier alpha value is -4.08. The molecule has 75 heavy (non-hydrogen) atoms. The van der Waals surface area contributed by atoms with E-state index < -0.39 is 29.5 Å². The quantitative estimate of drug-likeness (QED) is 0.0483. The number of nitrogens with one attached hydrogen (secondary N) is 2. The number of aliphatic hydroxyl groups excluding tert-OH is 2. The molecule has 4 N–H and O–H groups in total. The third-order valence-electron chi connectivity index (χ3n) is 15.0. The van der Waals surface area contributed by atoms with E-state index in [1.807, 2.05) is 58.9 Å². The Morgan fingerprint density at radius 3 is 1.53 bits per heavy atom. The first kappa shape index (κ1) is 63.5. The zero-order valence-corrected chi connectivity index (χ0v) is 45.7. The number of allylic oxidation sites excluding steroid dienone is 4. The van der Waals surface area contributed by atoms with Gasteiger partial charge < -0.3 is 68.2 Å². The molecular weight excluding hydrogens is 969 g/mol. The highest BCUT2D eigenvalue weighted by Crippen LogP contribution is 2.45. The monoisotopic (exact) mass is 1060 g/mol. The first-order valence-corrected chi connectivity index (χ1v) is 26.3. The largest absolute Gasteiger partial charge is 0.469 e. The molecule has 6 fully saturated rings. The van der Waals surface area contributed by atoms with Crippen LogP contribution < -0.4 is 10.6 Å². The smallest absolute Gasteiger partial charge is 0.308 e. The van der Waals surface area contributed by atoms with Gasteiger partial charge in [-0.3, -0.25) is 19.2 Å². The van der Waals surface area contributed by atoms with Gasteiger partial charge in [0.2, 0.25) is 11.8 Å². The third-order valence-corrected chi connectivity index (χ3v) is 15.0. The Bertz CT molecular complexity index is 2040. The van der Waals surface area contributed by atoms with Crippen molar-refractivity contribution in [3.63, 3.8) is 0 Å². The molecule has 0 aliphatic carbocycles. The summed E-state index contributed by atoms with van der Waals surface area (Å²) in [6.07, 6.45) is 19.1. The molecule has 0 aromatic heterocycles. The molecule has 18 atom stereocenters. The fourth-order valence-electron chi connectivity index (χ4n) is 10.1. The van der Waals surface area contributed by atoms with Crippen LogP contribution in [0.3, 0.4) is 0 Å². The lowest BCUT2D eigenvalue weighted by Crippen LogP contribution is -2.51. The van der Waals surface area contributed by atoms with Gasteiger partial charge in [-0.2, -0.15) is 0 Å². The number of ether oxygens (including phenoxy) is 10. The molecule has 2 amide bonds. The van der Waals surface area contributed by atoms with Gasteiger partial charge in [-0.05, 0) is 79.1 Å². The zero-order valence-electron chi connectivity index (χ0n) is 45.7. The van der Waals surface area contributed by atoms with Crippen molar-refractivity contribution >= 4 is 23.8 Å². The Labute approximate surface area is 445 Å². The molecule has 6 saturated heterocycles. The van der Waals surface area contributed by atoms with Crippen LogP contribution in [0.4, 0.5) is 0 Å². The topological polar surface area (TPSA) is 232 Å². The van der Waals surface area contributed by atoms with Crippen LogP contribution in [0.15, 0.2) is 71.9 Å². The van der Waals surface area contributed by atoms with Crippen molar-refractivity contribution in [2.45, 2.75) is 211 Å². The van der Waals surface area contributed by atoms with Crippen LogP contribution in [-0.4, -0.2) is 172 Å². The lowest BCUT2D eigenvalue weighted by atomic mass is 9.87. The minimum absolute atomic E-state index is 0. The number of amides is 2. The number of esters is 2. The summed E-state index contributed by atoms with van der Waals surface area (Å²) >= 11 is 0. The number of hydrogen-bond donors (Lipinski definition) is 4. The molecule has 0 unspecified atom stereocenters. The van der Waals surface area contributed by atoms with E-state index in [1.165, 1.54) is 32.4 Å². The molecule has 2 spiro atoms. The first-order chi connectivity index (χ1) is 35.1. The summed E-state index contributed by atoms with van der Waals surface area (Å²) in [5.41, 5.74) is 1.06. The Morgan fingerprint density at radius 1 is 0.667 bits per heavy atom. The highest BCUT2D eigenvalue weighted by molar-refractivity contribution is 5.88. The molecule has 18 heteroatoms. The van der Waals surface area contributed by atoms with Gasteiger partial charge in [0.05, 0.1) is 101 Å². The average Bonchev–Trinajstić information content (AvgIpc) is 4.31. The fraction of sp³-hybridized carbons (Fsp3) is 0.719. The maximum Gasteiger partial charge on any atom is 0.308 e. The SMILES string of the molecule is C.COC(=O)C[C@@H]1C[C@@]2(CO2)[C@H](O)[C@@H](/C=C/C(C)=C/C[C@@H]2O[C@H](C)[C@H](NC(=O)/C=C\[C@H](C)O)C[C@@H]2C)O1.COC(=O)C[C@@H]1C[C@@]2(CO2)[C@H](OC)[C@@H](/C=C/C(C)=C/C[C@@H]2O[C@H](C)[C@H](NC(=O)/C=C\[C@H](C)OC)C[C@@H]2C)O1. The second-order valence-corrected chi connectivity index (χ2v) is 21.1. The Kier molecular flexibility index (Phi) is 25.0. The second-order valence-electron chi connectivity index (χ2n) is 21.1. The van der Waals surface area contributed by atoms with Crippen molar-refractivity contribution in [3.05, 3.63) is 71.9 Å². The van der Waals surface area contributed by atoms with Crippen LogP contribution in [0.5, 0.6) is 0 Å². The number of epoxide rings is 2. The van der Waals surface area contributed by atoms with Gasteiger partial charge in [0.25, 0.3) is 0 Å². The summed E-state index contributed by atoms with van der Waals surface area (Å²) in [5, 5.41) is 26.1. The number of carbonyl (C=O) groups excluding carboxylic acids is 4. The van der Waals surface area contributed by atoms with Crippen LogP contribution in [0.1, 0.15) is 114 Å². The highest BCUT2D eigenvalue weighted by Gasteiger charge is 2.60. The third kappa shape index (κ3) is 19.1. The summed E-state index contributed by atoms with van der Waals surface area (Å²) < 4.78 is 56.5. The summed E-state index contributed by atoms with van der Waals surface area (Å²) in [6, 6.07) is -0.127. The molecule has 0 aromatic rings. The number of methoxy groups -OCH3 is 4. The summed E-state index contributed by atoms with van der Waals surface area (Å²) in [4.78, 5) is 47.9. The first-order valence-electron chi connectivity index (χ1n) is 26.3. The number of carbonyl (C=O) groups is 4. The molecule has 0 aromatic carbocycles. The van der Waals surface area contributed by atoms with Gasteiger partial charge in [-0.1, -0.05) is 81.0 Å². The van der Waals surface area contributed by atoms with Gasteiger partial charge in [0.1, 0.15) is 35.6 Å².